The van der Waals surface area contributed by atoms with Crippen LogP contribution in [0.1, 0.15) is 12.5 Å². The topological polar surface area (TPSA) is 0 Å². The van der Waals surface area contributed by atoms with Gasteiger partial charge >= 0.3 is 96.1 Å². The molecule has 1 heterocycles. The van der Waals surface area contributed by atoms with Gasteiger partial charge in [0.05, 0.1) is 0 Å². The Hall–Kier alpha value is 0.0696. The molecule has 1 aliphatic rings. The van der Waals surface area contributed by atoms with E-state index >= 15 is 0 Å². The average molecular weight is 341 g/mol. The Balaban J connectivity index is 2.67. The van der Waals surface area contributed by atoms with Crippen molar-refractivity contribution in [1.29, 1.82) is 0 Å². The second-order valence-electron chi connectivity index (χ2n) is 3.14. The molecule has 0 N–H and O–H groups in total. The zero-order chi connectivity index (χ0) is 10.2. The molecule has 0 amide bonds. The van der Waals surface area contributed by atoms with Crippen molar-refractivity contribution in [2.75, 3.05) is 0 Å². The minimum absolute atomic E-state index is 1.14. The van der Waals surface area contributed by atoms with Crippen LogP contribution in [0.15, 0.2) is 40.0 Å². The molecular formula is C11H10Cl2Te. The van der Waals surface area contributed by atoms with Crippen LogP contribution in [0.25, 0.3) is 6.08 Å². The Bertz CT molecular complexity index is 419. The molecule has 2 rings (SSSR count). The number of rotatable bonds is 0. The van der Waals surface area contributed by atoms with Crippen LogP contribution in [0.4, 0.5) is 0 Å². The summed E-state index contributed by atoms with van der Waals surface area (Å²) in [6, 6.07) is 8.11. The standard InChI is InChI=1S/C11H10Cl2Te/c1-9-5-4-7-10-6-2-3-8-11(10)14(9,12)13/h2-8H,1H3. The summed E-state index contributed by atoms with van der Waals surface area (Å²) in [7, 11) is 13.0. The van der Waals surface area contributed by atoms with Gasteiger partial charge in [-0.1, -0.05) is 0 Å². The van der Waals surface area contributed by atoms with Crippen molar-refractivity contribution in [2.45, 2.75) is 6.92 Å². The molecule has 0 aliphatic carbocycles. The van der Waals surface area contributed by atoms with E-state index < -0.39 is 15.9 Å². The van der Waals surface area contributed by atoms with E-state index in [1.807, 2.05) is 37.3 Å². The molecule has 1 aromatic rings. The molecule has 0 atom stereocenters. The van der Waals surface area contributed by atoms with Crippen molar-refractivity contribution >= 4 is 43.6 Å². The zero-order valence-electron chi connectivity index (χ0n) is 7.71. The third-order valence-corrected chi connectivity index (χ3v) is 13.0. The molecule has 0 saturated carbocycles. The molecule has 1 aliphatic heterocycles. The maximum atomic E-state index is 6.50. The zero-order valence-corrected chi connectivity index (χ0v) is 11.5. The van der Waals surface area contributed by atoms with Gasteiger partial charge in [-0.3, -0.25) is 0 Å². The van der Waals surface area contributed by atoms with Crippen LogP contribution in [0.2, 0.25) is 0 Å². The molecule has 0 spiro atoms. The number of allylic oxidation sites excluding steroid dienone is 3. The Morgan fingerprint density at radius 1 is 1.14 bits per heavy atom. The predicted octanol–water partition coefficient (Wildman–Crippen LogP) is 3.33. The molecule has 1 aromatic carbocycles. The Kier molecular flexibility index (Phi) is 2.95. The third kappa shape index (κ3) is 1.75. The Labute approximate surface area is 95.5 Å². The first-order valence-corrected chi connectivity index (χ1v) is 12.5. The van der Waals surface area contributed by atoms with Crippen LogP contribution >= 0.6 is 17.9 Å². The SMILES string of the molecule is CC1=CC=Cc2ccccc2[Te]1(Cl)Cl. The van der Waals surface area contributed by atoms with Crippen LogP contribution in [0.5, 0.6) is 0 Å². The van der Waals surface area contributed by atoms with E-state index in [4.69, 9.17) is 17.9 Å². The first-order chi connectivity index (χ1) is 6.62. The van der Waals surface area contributed by atoms with Crippen LogP contribution in [-0.2, 0) is 0 Å². The molecule has 0 unspecified atom stereocenters. The minimum atomic E-state index is -2.98. The molecule has 3 heteroatoms. The summed E-state index contributed by atoms with van der Waals surface area (Å²) in [5, 5.41) is 0. The predicted molar refractivity (Wildman–Crippen MR) is 66.3 cm³/mol. The number of fused-ring (bicyclic) bond motifs is 1. The quantitative estimate of drug-likeness (QED) is 0.636. The normalized spacial score (nSPS) is 20.6. The molecule has 0 aromatic heterocycles. The van der Waals surface area contributed by atoms with Crippen LogP contribution < -0.4 is 3.61 Å². The molecule has 0 nitrogen and oxygen atoms in total. The molecule has 0 bridgehead atoms. The summed E-state index contributed by atoms with van der Waals surface area (Å²) in [6.45, 7) is 2.02. The van der Waals surface area contributed by atoms with Gasteiger partial charge in [-0.05, 0) is 0 Å². The number of benzene rings is 1. The van der Waals surface area contributed by atoms with E-state index in [0.717, 1.165) is 12.8 Å². The molecule has 0 saturated heterocycles. The summed E-state index contributed by atoms with van der Waals surface area (Å²) in [4.78, 5) is 0. The summed E-state index contributed by atoms with van der Waals surface area (Å²) >= 11 is -2.98. The second kappa shape index (κ2) is 3.91. The van der Waals surface area contributed by atoms with Crippen molar-refractivity contribution in [3.8, 4) is 0 Å². The molecule has 14 heavy (non-hydrogen) atoms. The molecule has 0 fully saturated rings. The fourth-order valence-electron chi connectivity index (χ4n) is 1.40. The van der Waals surface area contributed by atoms with E-state index in [1.165, 1.54) is 0 Å². The molecule has 0 radical (unpaired) electrons. The van der Waals surface area contributed by atoms with Gasteiger partial charge in [-0.2, -0.15) is 0 Å². The second-order valence-corrected chi connectivity index (χ2v) is 16.2. The van der Waals surface area contributed by atoms with Crippen molar-refractivity contribution in [1.82, 2.24) is 0 Å². The molecule has 74 valence electrons. The fraction of sp³-hybridized carbons (Fsp3) is 0.0909. The van der Waals surface area contributed by atoms with E-state index in [2.05, 4.69) is 12.1 Å². The van der Waals surface area contributed by atoms with E-state index in [1.54, 1.807) is 0 Å². The van der Waals surface area contributed by atoms with Gasteiger partial charge in [0.25, 0.3) is 0 Å². The van der Waals surface area contributed by atoms with Gasteiger partial charge in [-0.15, -0.1) is 0 Å². The Morgan fingerprint density at radius 2 is 1.86 bits per heavy atom. The van der Waals surface area contributed by atoms with Crippen LogP contribution in [-0.4, -0.2) is 15.9 Å². The van der Waals surface area contributed by atoms with Crippen molar-refractivity contribution in [2.24, 2.45) is 0 Å². The number of hydrogen-bond donors (Lipinski definition) is 0. The van der Waals surface area contributed by atoms with Crippen LogP contribution in [0, 0.1) is 0 Å². The van der Waals surface area contributed by atoms with Gasteiger partial charge in [0.1, 0.15) is 0 Å². The van der Waals surface area contributed by atoms with Gasteiger partial charge < -0.3 is 0 Å². The molecular weight excluding hydrogens is 331 g/mol. The van der Waals surface area contributed by atoms with E-state index in [9.17, 15) is 0 Å². The number of hydrogen-bond acceptors (Lipinski definition) is 0. The van der Waals surface area contributed by atoms with Crippen molar-refractivity contribution in [3.63, 3.8) is 0 Å². The Morgan fingerprint density at radius 3 is 2.64 bits per heavy atom. The van der Waals surface area contributed by atoms with Gasteiger partial charge in [0, 0.05) is 0 Å². The van der Waals surface area contributed by atoms with Crippen molar-refractivity contribution in [3.05, 3.63) is 45.6 Å². The summed E-state index contributed by atoms with van der Waals surface area (Å²) in [5.41, 5.74) is 1.16. The summed E-state index contributed by atoms with van der Waals surface area (Å²) in [6.07, 6.45) is 6.12. The van der Waals surface area contributed by atoms with E-state index in [0.29, 0.717) is 0 Å². The first kappa shape index (κ1) is 10.6. The first-order valence-electron chi connectivity index (χ1n) is 4.29. The van der Waals surface area contributed by atoms with Gasteiger partial charge in [-0.25, -0.2) is 0 Å². The fourth-order valence-corrected chi connectivity index (χ4v) is 7.62. The average Bonchev–Trinajstić information content (AvgIpc) is 2.27. The van der Waals surface area contributed by atoms with Crippen LogP contribution in [0.3, 0.4) is 0 Å². The van der Waals surface area contributed by atoms with Crippen molar-refractivity contribution < 1.29 is 0 Å². The monoisotopic (exact) mass is 342 g/mol. The summed E-state index contributed by atoms with van der Waals surface area (Å²) in [5.74, 6) is 0. The van der Waals surface area contributed by atoms with E-state index in [-0.39, 0.29) is 0 Å². The van der Waals surface area contributed by atoms with Gasteiger partial charge in [0.2, 0.25) is 0 Å². The summed E-state index contributed by atoms with van der Waals surface area (Å²) < 4.78 is 2.28. The number of halogens is 2. The maximum absolute atomic E-state index is 6.50. The third-order valence-electron chi connectivity index (χ3n) is 2.21. The van der Waals surface area contributed by atoms with Gasteiger partial charge in [0.15, 0.2) is 0 Å².